The van der Waals surface area contributed by atoms with E-state index in [0.29, 0.717) is 0 Å². The van der Waals surface area contributed by atoms with Gasteiger partial charge in [-0.1, -0.05) is 29.8 Å². The lowest BCUT2D eigenvalue weighted by molar-refractivity contribution is -0.00350. The van der Waals surface area contributed by atoms with Crippen LogP contribution in [0.2, 0.25) is 0 Å². The van der Waals surface area contributed by atoms with Gasteiger partial charge in [0.05, 0.1) is 6.10 Å². The van der Waals surface area contributed by atoms with Gasteiger partial charge in [0.2, 0.25) is 0 Å². The van der Waals surface area contributed by atoms with Gasteiger partial charge in [-0.05, 0) is 19.4 Å². The number of aliphatic hydroxyl groups is 1. The smallest absolute Gasteiger partial charge is 0.108 e. The summed E-state index contributed by atoms with van der Waals surface area (Å²) in [5.74, 6) is 0. The van der Waals surface area contributed by atoms with E-state index in [1.165, 1.54) is 5.56 Å². The predicted molar refractivity (Wildman–Crippen MR) is 52.6 cm³/mol. The van der Waals surface area contributed by atoms with Crippen LogP contribution in [0.5, 0.6) is 0 Å². The molecule has 2 nitrogen and oxygen atoms in total. The lowest BCUT2D eigenvalue weighted by Crippen LogP contribution is -2.16. The topological polar surface area (TPSA) is 29.5 Å². The molecule has 13 heavy (non-hydrogen) atoms. The number of rotatable bonds is 3. The van der Waals surface area contributed by atoms with Gasteiger partial charge in [0.1, 0.15) is 6.10 Å². The van der Waals surface area contributed by atoms with E-state index in [-0.39, 0.29) is 6.10 Å². The van der Waals surface area contributed by atoms with E-state index in [4.69, 9.17) is 4.74 Å². The molecule has 72 valence electrons. The molecule has 1 rings (SSSR count). The number of aryl methyl sites for hydroxylation is 1. The Morgan fingerprint density at radius 2 is 2.08 bits per heavy atom. The minimum atomic E-state index is -0.480. The van der Waals surface area contributed by atoms with Crippen molar-refractivity contribution >= 4 is 0 Å². The van der Waals surface area contributed by atoms with Crippen molar-refractivity contribution in [2.24, 2.45) is 0 Å². The van der Waals surface area contributed by atoms with Gasteiger partial charge in [-0.15, -0.1) is 0 Å². The monoisotopic (exact) mass is 180 g/mol. The zero-order valence-electron chi connectivity index (χ0n) is 8.32. The number of ether oxygens (including phenoxy) is 1. The Morgan fingerprint density at radius 3 is 2.54 bits per heavy atom. The molecule has 1 N–H and O–H groups in total. The predicted octanol–water partition coefficient (Wildman–Crippen LogP) is 2.06. The zero-order valence-corrected chi connectivity index (χ0v) is 8.32. The average Bonchev–Trinajstić information content (AvgIpc) is 2.04. The van der Waals surface area contributed by atoms with E-state index < -0.39 is 6.10 Å². The summed E-state index contributed by atoms with van der Waals surface area (Å²) in [6, 6.07) is 7.99. The molecule has 0 saturated carbocycles. The Bertz CT molecular complexity index is 269. The van der Waals surface area contributed by atoms with Gasteiger partial charge in [-0.2, -0.15) is 0 Å². The van der Waals surface area contributed by atoms with Crippen molar-refractivity contribution in [1.82, 2.24) is 0 Å². The number of benzene rings is 1. The second-order valence-corrected chi connectivity index (χ2v) is 3.31. The van der Waals surface area contributed by atoms with Crippen molar-refractivity contribution in [1.29, 1.82) is 0 Å². The van der Waals surface area contributed by atoms with E-state index in [9.17, 15) is 5.11 Å². The molecule has 0 radical (unpaired) electrons. The summed E-state index contributed by atoms with van der Waals surface area (Å²) in [5, 5.41) is 9.43. The normalized spacial score (nSPS) is 15.4. The fourth-order valence-corrected chi connectivity index (χ4v) is 1.46. The first kappa shape index (κ1) is 10.2. The number of hydrogen-bond donors (Lipinski definition) is 1. The van der Waals surface area contributed by atoms with E-state index in [2.05, 4.69) is 0 Å². The summed E-state index contributed by atoms with van der Waals surface area (Å²) in [5.41, 5.74) is 2.21. The van der Waals surface area contributed by atoms with Crippen LogP contribution in [0.25, 0.3) is 0 Å². The summed E-state index contributed by atoms with van der Waals surface area (Å²) in [7, 11) is 1.61. The Labute approximate surface area is 79.2 Å². The summed E-state index contributed by atoms with van der Waals surface area (Å²) in [4.78, 5) is 0. The van der Waals surface area contributed by atoms with Crippen molar-refractivity contribution in [3.05, 3.63) is 35.4 Å². The van der Waals surface area contributed by atoms with E-state index in [1.807, 2.05) is 31.2 Å². The van der Waals surface area contributed by atoms with Gasteiger partial charge in [0.25, 0.3) is 0 Å². The first-order chi connectivity index (χ1) is 6.15. The Morgan fingerprint density at radius 1 is 1.38 bits per heavy atom. The van der Waals surface area contributed by atoms with Crippen molar-refractivity contribution in [2.45, 2.75) is 26.1 Å². The molecule has 2 atom stereocenters. The Balaban J connectivity index is 2.91. The van der Waals surface area contributed by atoms with E-state index in [0.717, 1.165) is 5.56 Å². The van der Waals surface area contributed by atoms with Crippen molar-refractivity contribution in [3.8, 4) is 0 Å². The van der Waals surface area contributed by atoms with Crippen LogP contribution in [-0.2, 0) is 4.74 Å². The maximum Gasteiger partial charge on any atom is 0.108 e. The van der Waals surface area contributed by atoms with E-state index in [1.54, 1.807) is 14.0 Å². The first-order valence-electron chi connectivity index (χ1n) is 4.42. The number of methoxy groups -OCH3 is 1. The van der Waals surface area contributed by atoms with Gasteiger partial charge >= 0.3 is 0 Å². The van der Waals surface area contributed by atoms with Gasteiger partial charge in [0, 0.05) is 7.11 Å². The average molecular weight is 180 g/mol. The number of aliphatic hydroxyl groups excluding tert-OH is 1. The van der Waals surface area contributed by atoms with Crippen molar-refractivity contribution < 1.29 is 9.84 Å². The van der Waals surface area contributed by atoms with E-state index >= 15 is 0 Å². The van der Waals surface area contributed by atoms with Gasteiger partial charge in [-0.3, -0.25) is 0 Å². The molecule has 0 bridgehead atoms. The minimum absolute atomic E-state index is 0.222. The minimum Gasteiger partial charge on any atom is -0.390 e. The highest BCUT2D eigenvalue weighted by Crippen LogP contribution is 2.20. The quantitative estimate of drug-likeness (QED) is 0.771. The molecule has 0 fully saturated rings. The summed E-state index contributed by atoms with van der Waals surface area (Å²) in [6.07, 6.45) is -0.702. The van der Waals surface area contributed by atoms with Crippen LogP contribution in [-0.4, -0.2) is 18.3 Å². The Kier molecular flexibility index (Phi) is 3.46. The highest BCUT2D eigenvalue weighted by molar-refractivity contribution is 5.24. The SMILES string of the molecule is COC(c1cccc(C)c1)C(C)O. The molecule has 2 unspecified atom stereocenters. The van der Waals surface area contributed by atoms with Crippen LogP contribution >= 0.6 is 0 Å². The summed E-state index contributed by atoms with van der Waals surface area (Å²) in [6.45, 7) is 3.76. The van der Waals surface area contributed by atoms with Crippen molar-refractivity contribution in [3.63, 3.8) is 0 Å². The van der Waals surface area contributed by atoms with Gasteiger partial charge in [-0.25, -0.2) is 0 Å². The van der Waals surface area contributed by atoms with Crippen LogP contribution in [0.4, 0.5) is 0 Å². The zero-order chi connectivity index (χ0) is 9.84. The van der Waals surface area contributed by atoms with Crippen LogP contribution in [0.3, 0.4) is 0 Å². The largest absolute Gasteiger partial charge is 0.390 e. The van der Waals surface area contributed by atoms with Crippen molar-refractivity contribution in [2.75, 3.05) is 7.11 Å². The molecule has 0 spiro atoms. The number of hydrogen-bond acceptors (Lipinski definition) is 2. The molecule has 0 amide bonds. The molecule has 0 aliphatic carbocycles. The van der Waals surface area contributed by atoms with Crippen LogP contribution in [0.15, 0.2) is 24.3 Å². The third-order valence-electron chi connectivity index (χ3n) is 2.06. The summed E-state index contributed by atoms with van der Waals surface area (Å²) < 4.78 is 5.20. The fraction of sp³-hybridized carbons (Fsp3) is 0.455. The highest BCUT2D eigenvalue weighted by atomic mass is 16.5. The molecule has 0 aliphatic heterocycles. The van der Waals surface area contributed by atoms with Crippen LogP contribution in [0, 0.1) is 6.92 Å². The fourth-order valence-electron chi connectivity index (χ4n) is 1.46. The molecular formula is C11H16O2. The molecule has 1 aromatic carbocycles. The maximum atomic E-state index is 9.43. The Hall–Kier alpha value is -0.860. The molecule has 2 heteroatoms. The van der Waals surface area contributed by atoms with Crippen LogP contribution in [0.1, 0.15) is 24.2 Å². The van der Waals surface area contributed by atoms with Gasteiger partial charge in [0.15, 0.2) is 0 Å². The highest BCUT2D eigenvalue weighted by Gasteiger charge is 2.15. The molecule has 0 heterocycles. The maximum absolute atomic E-state index is 9.43. The second kappa shape index (κ2) is 4.40. The molecule has 0 saturated heterocycles. The molecule has 1 aromatic rings. The first-order valence-corrected chi connectivity index (χ1v) is 4.42. The molecular weight excluding hydrogens is 164 g/mol. The summed E-state index contributed by atoms with van der Waals surface area (Å²) >= 11 is 0. The van der Waals surface area contributed by atoms with Crippen LogP contribution < -0.4 is 0 Å². The molecule has 0 aromatic heterocycles. The second-order valence-electron chi connectivity index (χ2n) is 3.31. The third-order valence-corrected chi connectivity index (χ3v) is 2.06. The molecule has 0 aliphatic rings. The lowest BCUT2D eigenvalue weighted by Gasteiger charge is -2.18. The lowest BCUT2D eigenvalue weighted by atomic mass is 10.0. The standard InChI is InChI=1S/C11H16O2/c1-8-5-4-6-10(7-8)11(13-3)9(2)12/h4-7,9,11-12H,1-3H3. The van der Waals surface area contributed by atoms with Gasteiger partial charge < -0.3 is 9.84 Å². The third kappa shape index (κ3) is 2.54.